The van der Waals surface area contributed by atoms with Crippen molar-refractivity contribution < 1.29 is 35.8 Å². The van der Waals surface area contributed by atoms with E-state index in [1.54, 1.807) is 0 Å². The van der Waals surface area contributed by atoms with E-state index in [1.807, 2.05) is 0 Å². The minimum atomic E-state index is -6.14. The zero-order valence-electron chi connectivity index (χ0n) is 5.25. The molecule has 1 nitrogen and oxygen atoms in total. The van der Waals surface area contributed by atoms with Crippen molar-refractivity contribution in [3.05, 3.63) is 0 Å². The number of hydrogen-bond donors (Lipinski definition) is 1. The van der Waals surface area contributed by atoms with E-state index in [1.165, 1.54) is 0 Å². The molecule has 0 aliphatic carbocycles. The number of aliphatic hydroxyl groups is 1. The average molecular weight is 200 g/mol. The first-order valence-corrected chi connectivity index (χ1v) is 2.50. The van der Waals surface area contributed by atoms with Crippen molar-refractivity contribution in [2.45, 2.75) is 24.6 Å². The van der Waals surface area contributed by atoms with Crippen molar-refractivity contribution in [3.63, 3.8) is 0 Å². The Morgan fingerprint density at radius 2 is 1.25 bits per heavy atom. The maximum Gasteiger partial charge on any atom is 0.433 e. The second-order valence-corrected chi connectivity index (χ2v) is 1.90. The fourth-order valence-electron chi connectivity index (χ4n) is 0.363. The van der Waals surface area contributed by atoms with Crippen LogP contribution in [0.2, 0.25) is 0 Å². The van der Waals surface area contributed by atoms with Crippen molar-refractivity contribution >= 4 is 0 Å². The van der Waals surface area contributed by atoms with E-state index in [4.69, 9.17) is 5.11 Å². The van der Waals surface area contributed by atoms with Crippen LogP contribution in [0.3, 0.4) is 0 Å². The minimum absolute atomic E-state index is 4.29. The summed E-state index contributed by atoms with van der Waals surface area (Å²) < 4.78 is 80.2. The first-order chi connectivity index (χ1) is 5.14. The van der Waals surface area contributed by atoms with Crippen LogP contribution in [-0.4, -0.2) is 29.7 Å². The van der Waals surface area contributed by atoms with E-state index < -0.39 is 24.6 Å². The van der Waals surface area contributed by atoms with Crippen LogP contribution in [0.1, 0.15) is 0 Å². The second kappa shape index (κ2) is 3.08. The molecule has 0 radical (unpaired) electrons. The molecule has 8 heteroatoms. The maximum absolute atomic E-state index is 12.0. The van der Waals surface area contributed by atoms with Crippen LogP contribution in [-0.2, 0) is 0 Å². The molecule has 0 aromatic carbocycles. The topological polar surface area (TPSA) is 20.2 Å². The number of rotatable bonds is 2. The van der Waals surface area contributed by atoms with E-state index in [0.717, 1.165) is 0 Å². The summed E-state index contributed by atoms with van der Waals surface area (Å²) in [6.45, 7) is 0. The van der Waals surface area contributed by atoms with Gasteiger partial charge in [-0.2, -0.15) is 13.2 Å². The van der Waals surface area contributed by atoms with Crippen LogP contribution in [0, 0.1) is 0 Å². The number of halogens is 7. The molecule has 0 aromatic rings. The normalized spacial score (nSPS) is 20.8. The predicted molar refractivity (Wildman–Crippen MR) is 23.0 cm³/mol. The molecule has 0 saturated carbocycles. The van der Waals surface area contributed by atoms with Gasteiger partial charge in [0.25, 0.3) is 6.43 Å². The van der Waals surface area contributed by atoms with Crippen molar-refractivity contribution in [2.24, 2.45) is 0 Å². The Bertz CT molecular complexity index is 142. The van der Waals surface area contributed by atoms with Gasteiger partial charge in [0.15, 0.2) is 0 Å². The highest BCUT2D eigenvalue weighted by Crippen LogP contribution is 2.41. The third-order valence-corrected chi connectivity index (χ3v) is 1.10. The van der Waals surface area contributed by atoms with Gasteiger partial charge in [0.05, 0.1) is 0 Å². The van der Waals surface area contributed by atoms with Gasteiger partial charge in [-0.05, 0) is 0 Å². The lowest BCUT2D eigenvalue weighted by atomic mass is 10.1. The lowest BCUT2D eigenvalue weighted by Crippen LogP contribution is -2.54. The van der Waals surface area contributed by atoms with Crippen molar-refractivity contribution in [1.82, 2.24) is 0 Å². The van der Waals surface area contributed by atoms with E-state index >= 15 is 0 Å². The van der Waals surface area contributed by atoms with Gasteiger partial charge in [0.2, 0.25) is 6.36 Å². The Balaban J connectivity index is 4.89. The predicted octanol–water partition coefficient (Wildman–Crippen LogP) is 1.81. The summed E-state index contributed by atoms with van der Waals surface area (Å²) in [5.41, 5.74) is -5.51. The molecule has 74 valence electrons. The quantitative estimate of drug-likeness (QED) is 0.674. The van der Waals surface area contributed by atoms with Gasteiger partial charge in [-0.15, -0.1) is 0 Å². The third kappa shape index (κ3) is 1.62. The van der Waals surface area contributed by atoms with E-state index in [0.29, 0.717) is 0 Å². The highest BCUT2D eigenvalue weighted by atomic mass is 19.4. The lowest BCUT2D eigenvalue weighted by molar-refractivity contribution is -0.316. The first-order valence-electron chi connectivity index (χ1n) is 2.50. The summed E-state index contributed by atoms with van der Waals surface area (Å²) in [5.74, 6) is 0. The summed E-state index contributed by atoms with van der Waals surface area (Å²) in [4.78, 5) is 0. The van der Waals surface area contributed by atoms with E-state index in [2.05, 4.69) is 0 Å². The molecule has 2 atom stereocenters. The fraction of sp³-hybridized carbons (Fsp3) is 1.00. The van der Waals surface area contributed by atoms with Crippen molar-refractivity contribution in [1.29, 1.82) is 0 Å². The molecular formula is C4H3F7O. The molecule has 0 amide bonds. The molecule has 0 aromatic heterocycles. The molecule has 0 fully saturated rings. The van der Waals surface area contributed by atoms with Crippen molar-refractivity contribution in [3.8, 4) is 0 Å². The summed E-state index contributed by atoms with van der Waals surface area (Å²) in [7, 11) is 0. The number of hydrogen-bond acceptors (Lipinski definition) is 1. The molecule has 2 unspecified atom stereocenters. The minimum Gasteiger partial charge on any atom is -0.361 e. The number of aliphatic hydroxyl groups excluding tert-OH is 1. The molecule has 0 bridgehead atoms. The van der Waals surface area contributed by atoms with Crippen LogP contribution in [0.5, 0.6) is 0 Å². The molecule has 0 heterocycles. The SMILES string of the molecule is OC(F)C(F)(C(F)F)C(F)(F)F. The highest BCUT2D eigenvalue weighted by Gasteiger charge is 2.68. The van der Waals surface area contributed by atoms with E-state index in [9.17, 15) is 30.7 Å². The van der Waals surface area contributed by atoms with Crippen LogP contribution < -0.4 is 0 Å². The van der Waals surface area contributed by atoms with Crippen LogP contribution in [0.4, 0.5) is 30.7 Å². The standard InChI is InChI=1S/C4H3F7O/c5-1(6)3(8,2(7)12)4(9,10)11/h1-2,12H. The summed E-state index contributed by atoms with van der Waals surface area (Å²) in [6, 6.07) is 0. The Kier molecular flexibility index (Phi) is 2.94. The third-order valence-electron chi connectivity index (χ3n) is 1.10. The zero-order chi connectivity index (χ0) is 10.2. The Hall–Kier alpha value is -0.530. The Morgan fingerprint density at radius 3 is 1.25 bits per heavy atom. The van der Waals surface area contributed by atoms with Crippen LogP contribution in [0.15, 0.2) is 0 Å². The van der Waals surface area contributed by atoms with Crippen molar-refractivity contribution in [2.75, 3.05) is 0 Å². The fourth-order valence-corrected chi connectivity index (χ4v) is 0.363. The Morgan fingerprint density at radius 1 is 0.917 bits per heavy atom. The molecule has 1 N–H and O–H groups in total. The van der Waals surface area contributed by atoms with Gasteiger partial charge >= 0.3 is 11.8 Å². The maximum atomic E-state index is 12.0. The second-order valence-electron chi connectivity index (χ2n) is 1.90. The monoisotopic (exact) mass is 200 g/mol. The summed E-state index contributed by atoms with van der Waals surface area (Å²) >= 11 is 0. The van der Waals surface area contributed by atoms with E-state index in [-0.39, 0.29) is 0 Å². The van der Waals surface area contributed by atoms with Crippen LogP contribution >= 0.6 is 0 Å². The van der Waals surface area contributed by atoms with Gasteiger partial charge < -0.3 is 5.11 Å². The molecule has 0 aliphatic heterocycles. The number of alkyl halides is 7. The van der Waals surface area contributed by atoms with Gasteiger partial charge in [-0.25, -0.2) is 17.6 Å². The lowest BCUT2D eigenvalue weighted by Gasteiger charge is -2.26. The smallest absolute Gasteiger partial charge is 0.361 e. The van der Waals surface area contributed by atoms with Gasteiger partial charge in [0, 0.05) is 0 Å². The zero-order valence-corrected chi connectivity index (χ0v) is 5.25. The van der Waals surface area contributed by atoms with Gasteiger partial charge in [-0.1, -0.05) is 0 Å². The molecule has 12 heavy (non-hydrogen) atoms. The Labute approximate surface area is 61.8 Å². The summed E-state index contributed by atoms with van der Waals surface area (Å²) in [6.07, 6.45) is -15.1. The highest BCUT2D eigenvalue weighted by molar-refractivity contribution is 4.92. The largest absolute Gasteiger partial charge is 0.433 e. The average Bonchev–Trinajstić information content (AvgIpc) is 1.82. The molecule has 0 saturated heterocycles. The summed E-state index contributed by atoms with van der Waals surface area (Å²) in [5, 5.41) is 7.54. The van der Waals surface area contributed by atoms with Gasteiger partial charge in [0.1, 0.15) is 0 Å². The van der Waals surface area contributed by atoms with Crippen LogP contribution in [0.25, 0.3) is 0 Å². The first kappa shape index (κ1) is 11.5. The molecule has 0 aliphatic rings. The molecule has 0 rings (SSSR count). The molecular weight excluding hydrogens is 197 g/mol. The van der Waals surface area contributed by atoms with Gasteiger partial charge in [-0.3, -0.25) is 0 Å². The molecule has 0 spiro atoms.